The highest BCUT2D eigenvalue weighted by molar-refractivity contribution is 6.44. The van der Waals surface area contributed by atoms with Gasteiger partial charge in [-0.15, -0.1) is 0 Å². The first-order chi connectivity index (χ1) is 12.0. The quantitative estimate of drug-likeness (QED) is 0.556. The van der Waals surface area contributed by atoms with Crippen molar-refractivity contribution in [1.82, 2.24) is 9.80 Å². The van der Waals surface area contributed by atoms with E-state index in [2.05, 4.69) is 4.90 Å². The lowest BCUT2D eigenvalue weighted by molar-refractivity contribution is -0.907. The number of quaternary nitrogens is 1. The van der Waals surface area contributed by atoms with Gasteiger partial charge in [-0.25, -0.2) is 9.69 Å². The first kappa shape index (κ1) is 17.2. The molecule has 0 atom stereocenters. The molecule has 1 aromatic carbocycles. The second-order valence-electron chi connectivity index (χ2n) is 6.18. The Labute approximate surface area is 146 Å². The lowest BCUT2D eigenvalue weighted by Crippen LogP contribution is -3.16. The molecule has 0 aromatic heterocycles. The van der Waals surface area contributed by atoms with Crippen LogP contribution in [-0.2, 0) is 9.59 Å². The average molecular weight is 347 g/mol. The normalized spacial score (nSPS) is 19.1. The second-order valence-corrected chi connectivity index (χ2v) is 6.18. The van der Waals surface area contributed by atoms with E-state index in [1.807, 2.05) is 31.2 Å². The lowest BCUT2D eigenvalue weighted by Gasteiger charge is -2.35. The van der Waals surface area contributed by atoms with Crippen LogP contribution in [0, 0.1) is 0 Å². The Hall–Kier alpha value is -2.61. The summed E-state index contributed by atoms with van der Waals surface area (Å²) in [4.78, 5) is 40.7. The van der Waals surface area contributed by atoms with Gasteiger partial charge in [0.1, 0.15) is 5.75 Å². The number of para-hydroxylation sites is 2. The van der Waals surface area contributed by atoms with E-state index in [0.29, 0.717) is 6.61 Å². The van der Waals surface area contributed by atoms with Crippen LogP contribution in [0.3, 0.4) is 0 Å². The number of carbonyl (C=O) groups is 3. The van der Waals surface area contributed by atoms with Crippen molar-refractivity contribution in [3.63, 3.8) is 0 Å². The summed E-state index contributed by atoms with van der Waals surface area (Å²) in [7, 11) is 1.33. The van der Waals surface area contributed by atoms with Crippen molar-refractivity contribution < 1.29 is 24.0 Å². The van der Waals surface area contributed by atoms with Crippen molar-refractivity contribution in [2.24, 2.45) is 0 Å². The van der Waals surface area contributed by atoms with E-state index < -0.39 is 17.8 Å². The molecule has 2 saturated heterocycles. The summed E-state index contributed by atoms with van der Waals surface area (Å²) in [5.74, 6) is -0.622. The first-order valence-corrected chi connectivity index (χ1v) is 8.46. The summed E-state index contributed by atoms with van der Waals surface area (Å²) in [6.45, 7) is 5.93. The summed E-state index contributed by atoms with van der Waals surface area (Å²) in [5.41, 5.74) is 1.06. The Bertz CT molecular complexity index is 685. The Morgan fingerprint density at radius 2 is 1.76 bits per heavy atom. The molecule has 0 aliphatic carbocycles. The number of nitrogens with zero attached hydrogens (tertiary/aromatic N) is 3. The number of likely N-dealkylation sites (N-methyl/N-ethyl adjacent to an activating group) is 1. The molecule has 2 aliphatic heterocycles. The highest BCUT2D eigenvalue weighted by Gasteiger charge is 2.44. The molecule has 0 bridgehead atoms. The summed E-state index contributed by atoms with van der Waals surface area (Å²) in [6.07, 6.45) is 0. The number of ether oxygens (including phenoxy) is 1. The zero-order chi connectivity index (χ0) is 18.0. The number of rotatable bonds is 5. The number of hydrogen-bond donors (Lipinski definition) is 1. The third-order valence-corrected chi connectivity index (χ3v) is 4.61. The van der Waals surface area contributed by atoms with Crippen LogP contribution >= 0.6 is 0 Å². The molecule has 0 spiro atoms. The second kappa shape index (κ2) is 7.10. The van der Waals surface area contributed by atoms with Gasteiger partial charge in [0.15, 0.2) is 6.67 Å². The molecule has 134 valence electrons. The number of nitrogens with one attached hydrogen (secondary N) is 1. The SMILES string of the molecule is CCOc1ccccc1N1CC[NH+](CN2C(=O)C(=O)N(C)C2=O)CC1. The maximum absolute atomic E-state index is 12.0. The minimum atomic E-state index is -0.756. The van der Waals surface area contributed by atoms with Gasteiger partial charge in [-0.2, -0.15) is 0 Å². The van der Waals surface area contributed by atoms with Gasteiger partial charge in [-0.3, -0.25) is 14.5 Å². The van der Waals surface area contributed by atoms with Crippen LogP contribution in [0.15, 0.2) is 24.3 Å². The summed E-state index contributed by atoms with van der Waals surface area (Å²) >= 11 is 0. The minimum absolute atomic E-state index is 0.231. The highest BCUT2D eigenvalue weighted by Crippen LogP contribution is 2.27. The molecule has 25 heavy (non-hydrogen) atoms. The van der Waals surface area contributed by atoms with Crippen LogP contribution in [0.4, 0.5) is 10.5 Å². The summed E-state index contributed by atoms with van der Waals surface area (Å²) < 4.78 is 5.69. The van der Waals surface area contributed by atoms with Crippen LogP contribution < -0.4 is 14.5 Å². The van der Waals surface area contributed by atoms with Crippen molar-refractivity contribution in [1.29, 1.82) is 0 Å². The van der Waals surface area contributed by atoms with Crippen molar-refractivity contribution in [2.45, 2.75) is 6.92 Å². The fraction of sp³-hybridized carbons (Fsp3) is 0.471. The summed E-state index contributed by atoms with van der Waals surface area (Å²) in [5, 5.41) is 0. The van der Waals surface area contributed by atoms with Gasteiger partial charge >= 0.3 is 17.8 Å². The molecule has 0 unspecified atom stereocenters. The van der Waals surface area contributed by atoms with Crippen LogP contribution in [0.1, 0.15) is 6.92 Å². The Morgan fingerprint density at radius 1 is 1.08 bits per heavy atom. The number of imide groups is 2. The number of hydrogen-bond acceptors (Lipinski definition) is 5. The number of amides is 4. The van der Waals surface area contributed by atoms with E-state index in [9.17, 15) is 14.4 Å². The smallest absolute Gasteiger partial charge is 0.338 e. The molecule has 8 nitrogen and oxygen atoms in total. The zero-order valence-corrected chi connectivity index (χ0v) is 14.5. The van der Waals surface area contributed by atoms with E-state index in [0.717, 1.165) is 52.3 Å². The summed E-state index contributed by atoms with van der Waals surface area (Å²) in [6, 6.07) is 7.40. The fourth-order valence-electron chi connectivity index (χ4n) is 3.19. The van der Waals surface area contributed by atoms with Gasteiger partial charge in [-0.1, -0.05) is 12.1 Å². The molecule has 8 heteroatoms. The molecular formula is C17H23N4O4+. The lowest BCUT2D eigenvalue weighted by atomic mass is 10.2. The fourth-order valence-corrected chi connectivity index (χ4v) is 3.19. The van der Waals surface area contributed by atoms with Crippen molar-refractivity contribution >= 4 is 23.5 Å². The van der Waals surface area contributed by atoms with E-state index in [-0.39, 0.29) is 6.67 Å². The molecule has 1 N–H and O–H groups in total. The van der Waals surface area contributed by atoms with E-state index >= 15 is 0 Å². The average Bonchev–Trinajstić information content (AvgIpc) is 2.81. The topological polar surface area (TPSA) is 74.6 Å². The zero-order valence-electron chi connectivity index (χ0n) is 14.5. The maximum atomic E-state index is 12.0. The van der Waals surface area contributed by atoms with Crippen molar-refractivity contribution in [3.8, 4) is 5.75 Å². The predicted molar refractivity (Wildman–Crippen MR) is 90.4 cm³/mol. The van der Waals surface area contributed by atoms with Gasteiger partial charge in [0.25, 0.3) is 0 Å². The van der Waals surface area contributed by atoms with Crippen LogP contribution in [0.5, 0.6) is 5.75 Å². The largest absolute Gasteiger partial charge is 0.492 e. The van der Waals surface area contributed by atoms with Gasteiger partial charge in [0.05, 0.1) is 38.5 Å². The molecule has 2 fully saturated rings. The molecule has 1 aromatic rings. The molecule has 0 saturated carbocycles. The van der Waals surface area contributed by atoms with Crippen LogP contribution in [0.2, 0.25) is 0 Å². The number of anilines is 1. The monoisotopic (exact) mass is 347 g/mol. The minimum Gasteiger partial charge on any atom is -0.492 e. The van der Waals surface area contributed by atoms with Crippen molar-refractivity contribution in [2.75, 3.05) is 51.4 Å². The standard InChI is InChI=1S/C17H22N4O4/c1-3-25-14-7-5-4-6-13(14)20-10-8-19(9-11-20)12-21-16(23)15(22)18(2)17(21)24/h4-7H,3,8-12H2,1-2H3/p+1. The van der Waals surface area contributed by atoms with Gasteiger partial charge in [0, 0.05) is 7.05 Å². The number of benzene rings is 1. The predicted octanol–water partition coefficient (Wildman–Crippen LogP) is -0.832. The number of piperazine rings is 1. The molecule has 3 rings (SSSR count). The van der Waals surface area contributed by atoms with Gasteiger partial charge in [0.2, 0.25) is 0 Å². The third-order valence-electron chi connectivity index (χ3n) is 4.61. The van der Waals surface area contributed by atoms with E-state index in [1.165, 1.54) is 7.05 Å². The highest BCUT2D eigenvalue weighted by atomic mass is 16.5. The third kappa shape index (κ3) is 3.30. The van der Waals surface area contributed by atoms with E-state index in [1.54, 1.807) is 0 Å². The number of carbonyl (C=O) groups excluding carboxylic acids is 3. The molecule has 4 amide bonds. The molecule has 0 radical (unpaired) electrons. The Kier molecular flexibility index (Phi) is 4.89. The first-order valence-electron chi connectivity index (χ1n) is 8.46. The Morgan fingerprint density at radius 3 is 2.36 bits per heavy atom. The maximum Gasteiger partial charge on any atom is 0.338 e. The molecule has 2 heterocycles. The van der Waals surface area contributed by atoms with Gasteiger partial charge < -0.3 is 14.5 Å². The van der Waals surface area contributed by atoms with Crippen molar-refractivity contribution in [3.05, 3.63) is 24.3 Å². The van der Waals surface area contributed by atoms with E-state index in [4.69, 9.17) is 4.74 Å². The number of urea groups is 1. The molecular weight excluding hydrogens is 324 g/mol. The van der Waals surface area contributed by atoms with Gasteiger partial charge in [-0.05, 0) is 19.1 Å². The van der Waals surface area contributed by atoms with Crippen LogP contribution in [0.25, 0.3) is 0 Å². The molecule has 2 aliphatic rings. The Balaban J connectivity index is 1.60. The van der Waals surface area contributed by atoms with Crippen LogP contribution in [-0.4, -0.2) is 74.1 Å².